The molecule has 0 aliphatic heterocycles. The molecule has 4 heteroatoms. The van der Waals surface area contributed by atoms with Crippen molar-refractivity contribution >= 4 is 11.8 Å². The number of hydrogen-bond donors (Lipinski definition) is 2. The van der Waals surface area contributed by atoms with Crippen molar-refractivity contribution in [2.45, 2.75) is 26.3 Å². The SMILES string of the molecule is CCCCNc1cc(-c2ccccc2)nc(NCc2ccccc2)n1. The minimum Gasteiger partial charge on any atom is -0.370 e. The fourth-order valence-electron chi connectivity index (χ4n) is 2.54. The molecule has 0 fully saturated rings. The number of aromatic nitrogens is 2. The standard InChI is InChI=1S/C21H24N4/c1-2-3-14-22-20-15-19(18-12-8-5-9-13-18)24-21(25-20)23-16-17-10-6-4-7-11-17/h4-13,15H,2-3,14,16H2,1H3,(H2,22,23,24,25). The average Bonchev–Trinajstić information content (AvgIpc) is 2.68. The molecule has 0 radical (unpaired) electrons. The van der Waals surface area contributed by atoms with Crippen molar-refractivity contribution in [3.8, 4) is 11.3 Å². The Kier molecular flexibility index (Phi) is 5.99. The van der Waals surface area contributed by atoms with Crippen molar-refractivity contribution in [3.63, 3.8) is 0 Å². The van der Waals surface area contributed by atoms with Gasteiger partial charge in [0.2, 0.25) is 5.95 Å². The molecule has 2 N–H and O–H groups in total. The fraction of sp³-hybridized carbons (Fsp3) is 0.238. The van der Waals surface area contributed by atoms with E-state index in [0.29, 0.717) is 12.5 Å². The second-order valence-corrected chi connectivity index (χ2v) is 5.95. The lowest BCUT2D eigenvalue weighted by Crippen LogP contribution is -2.08. The van der Waals surface area contributed by atoms with Gasteiger partial charge in [0, 0.05) is 24.7 Å². The average molecular weight is 332 g/mol. The summed E-state index contributed by atoms with van der Waals surface area (Å²) in [5.74, 6) is 1.50. The zero-order valence-electron chi connectivity index (χ0n) is 14.6. The maximum Gasteiger partial charge on any atom is 0.225 e. The second-order valence-electron chi connectivity index (χ2n) is 5.95. The van der Waals surface area contributed by atoms with E-state index >= 15 is 0 Å². The molecule has 3 aromatic rings. The van der Waals surface area contributed by atoms with Gasteiger partial charge >= 0.3 is 0 Å². The highest BCUT2D eigenvalue weighted by atomic mass is 15.1. The minimum absolute atomic E-state index is 0.643. The van der Waals surface area contributed by atoms with Crippen molar-refractivity contribution in [3.05, 3.63) is 72.3 Å². The van der Waals surface area contributed by atoms with Crippen LogP contribution in [0.3, 0.4) is 0 Å². The molecule has 0 saturated carbocycles. The van der Waals surface area contributed by atoms with Crippen LogP contribution in [0.1, 0.15) is 25.3 Å². The van der Waals surface area contributed by atoms with Crippen molar-refractivity contribution in [1.82, 2.24) is 9.97 Å². The molecule has 0 bridgehead atoms. The van der Waals surface area contributed by atoms with Gasteiger partial charge in [-0.15, -0.1) is 0 Å². The first-order valence-corrected chi connectivity index (χ1v) is 8.81. The number of anilines is 2. The van der Waals surface area contributed by atoms with Gasteiger partial charge in [-0.1, -0.05) is 74.0 Å². The number of hydrogen-bond acceptors (Lipinski definition) is 4. The maximum absolute atomic E-state index is 4.68. The Labute approximate surface area is 149 Å². The van der Waals surface area contributed by atoms with Crippen molar-refractivity contribution in [1.29, 1.82) is 0 Å². The molecule has 4 nitrogen and oxygen atoms in total. The van der Waals surface area contributed by atoms with Crippen LogP contribution in [0.4, 0.5) is 11.8 Å². The van der Waals surface area contributed by atoms with Gasteiger partial charge in [0.25, 0.3) is 0 Å². The van der Waals surface area contributed by atoms with Crippen LogP contribution in [0.5, 0.6) is 0 Å². The molecule has 2 aromatic carbocycles. The molecule has 0 atom stereocenters. The van der Waals surface area contributed by atoms with Crippen molar-refractivity contribution in [2.75, 3.05) is 17.2 Å². The van der Waals surface area contributed by atoms with Crippen LogP contribution in [0.15, 0.2) is 66.7 Å². The highest BCUT2D eigenvalue weighted by molar-refractivity contribution is 5.64. The Hall–Kier alpha value is -2.88. The van der Waals surface area contributed by atoms with E-state index in [4.69, 9.17) is 0 Å². The summed E-state index contributed by atoms with van der Waals surface area (Å²) in [6.45, 7) is 3.80. The van der Waals surface area contributed by atoms with Crippen LogP contribution in [0.25, 0.3) is 11.3 Å². The van der Waals surface area contributed by atoms with E-state index in [9.17, 15) is 0 Å². The van der Waals surface area contributed by atoms with Gasteiger partial charge in [-0.25, -0.2) is 4.98 Å². The Morgan fingerprint density at radius 2 is 1.56 bits per heavy atom. The highest BCUT2D eigenvalue weighted by Gasteiger charge is 2.06. The normalized spacial score (nSPS) is 10.4. The third-order valence-corrected chi connectivity index (χ3v) is 3.93. The summed E-state index contributed by atoms with van der Waals surface area (Å²) in [5, 5.41) is 6.74. The number of rotatable bonds is 8. The molecule has 3 rings (SSSR count). The molecule has 0 amide bonds. The zero-order valence-corrected chi connectivity index (χ0v) is 14.6. The van der Waals surface area contributed by atoms with Crippen molar-refractivity contribution < 1.29 is 0 Å². The van der Waals surface area contributed by atoms with Crippen LogP contribution in [0, 0.1) is 0 Å². The predicted octanol–water partition coefficient (Wildman–Crippen LogP) is 4.97. The monoisotopic (exact) mass is 332 g/mol. The van der Waals surface area contributed by atoms with Gasteiger partial charge in [0.1, 0.15) is 5.82 Å². The number of nitrogens with zero attached hydrogens (tertiary/aromatic N) is 2. The Bertz CT molecular complexity index is 772. The lowest BCUT2D eigenvalue weighted by atomic mass is 10.1. The number of benzene rings is 2. The summed E-state index contributed by atoms with van der Waals surface area (Å²) in [5.41, 5.74) is 3.22. The van der Waals surface area contributed by atoms with Gasteiger partial charge in [0.15, 0.2) is 0 Å². The third-order valence-electron chi connectivity index (χ3n) is 3.93. The van der Waals surface area contributed by atoms with E-state index in [0.717, 1.165) is 36.5 Å². The van der Waals surface area contributed by atoms with Crippen LogP contribution < -0.4 is 10.6 Å². The summed E-state index contributed by atoms with van der Waals surface area (Å²) in [7, 11) is 0. The summed E-state index contributed by atoms with van der Waals surface area (Å²) in [4.78, 5) is 9.30. The van der Waals surface area contributed by atoms with Gasteiger partial charge < -0.3 is 10.6 Å². The van der Waals surface area contributed by atoms with Gasteiger partial charge in [0.05, 0.1) is 5.69 Å². The van der Waals surface area contributed by atoms with E-state index in [2.05, 4.69) is 51.8 Å². The molecule has 128 valence electrons. The van der Waals surface area contributed by atoms with Crippen molar-refractivity contribution in [2.24, 2.45) is 0 Å². The molecule has 0 spiro atoms. The summed E-state index contributed by atoms with van der Waals surface area (Å²) in [6.07, 6.45) is 2.28. The number of nitrogens with one attached hydrogen (secondary N) is 2. The van der Waals surface area contributed by atoms with Crippen LogP contribution >= 0.6 is 0 Å². The first-order chi connectivity index (χ1) is 12.3. The topological polar surface area (TPSA) is 49.8 Å². The van der Waals surface area contributed by atoms with Gasteiger partial charge in [-0.2, -0.15) is 4.98 Å². The molecular formula is C21H24N4. The molecule has 1 heterocycles. The molecule has 0 saturated heterocycles. The Balaban J connectivity index is 1.81. The van der Waals surface area contributed by atoms with Crippen LogP contribution in [-0.2, 0) is 6.54 Å². The third kappa shape index (κ3) is 5.05. The molecule has 0 unspecified atom stereocenters. The molecule has 0 aliphatic rings. The van der Waals surface area contributed by atoms with E-state index in [1.165, 1.54) is 5.56 Å². The quantitative estimate of drug-likeness (QED) is 0.572. The van der Waals surface area contributed by atoms with Crippen LogP contribution in [-0.4, -0.2) is 16.5 Å². The second kappa shape index (κ2) is 8.83. The van der Waals surface area contributed by atoms with E-state index in [1.807, 2.05) is 42.5 Å². The first kappa shape index (κ1) is 17.0. The van der Waals surface area contributed by atoms with Crippen LogP contribution in [0.2, 0.25) is 0 Å². The first-order valence-electron chi connectivity index (χ1n) is 8.81. The van der Waals surface area contributed by atoms with E-state index in [-0.39, 0.29) is 0 Å². The Morgan fingerprint density at radius 1 is 0.840 bits per heavy atom. The van der Waals surface area contributed by atoms with Gasteiger partial charge in [-0.05, 0) is 12.0 Å². The minimum atomic E-state index is 0.643. The van der Waals surface area contributed by atoms with E-state index in [1.54, 1.807) is 0 Å². The van der Waals surface area contributed by atoms with Gasteiger partial charge in [-0.3, -0.25) is 0 Å². The maximum atomic E-state index is 4.68. The summed E-state index contributed by atoms with van der Waals surface area (Å²) >= 11 is 0. The Morgan fingerprint density at radius 3 is 2.28 bits per heavy atom. The van der Waals surface area contributed by atoms with E-state index < -0.39 is 0 Å². The zero-order chi connectivity index (χ0) is 17.3. The number of unbranched alkanes of at least 4 members (excludes halogenated alkanes) is 1. The lowest BCUT2D eigenvalue weighted by molar-refractivity contribution is 0.830. The molecule has 0 aliphatic carbocycles. The smallest absolute Gasteiger partial charge is 0.225 e. The lowest BCUT2D eigenvalue weighted by Gasteiger charge is -2.11. The summed E-state index contributed by atoms with van der Waals surface area (Å²) in [6, 6.07) is 22.5. The molecule has 1 aromatic heterocycles. The molecular weight excluding hydrogens is 308 g/mol. The highest BCUT2D eigenvalue weighted by Crippen LogP contribution is 2.21. The molecule has 25 heavy (non-hydrogen) atoms. The predicted molar refractivity (Wildman–Crippen MR) is 105 cm³/mol. The largest absolute Gasteiger partial charge is 0.370 e. The fourth-order valence-corrected chi connectivity index (χ4v) is 2.54. The summed E-state index contributed by atoms with van der Waals surface area (Å²) < 4.78 is 0.